The first-order valence-electron chi connectivity index (χ1n) is 5.12. The van der Waals surface area contributed by atoms with Crippen LogP contribution in [0, 0.1) is 5.82 Å². The van der Waals surface area contributed by atoms with E-state index in [0.717, 1.165) is 6.07 Å². The Morgan fingerprint density at radius 2 is 2.06 bits per heavy atom. The lowest BCUT2D eigenvalue weighted by molar-refractivity contribution is 0.102. The van der Waals surface area contributed by atoms with Crippen LogP contribution in [-0.4, -0.2) is 23.0 Å². The smallest absolute Gasteiger partial charge is 0.258 e. The van der Waals surface area contributed by atoms with Gasteiger partial charge in [-0.1, -0.05) is 0 Å². The SMILES string of the molecule is COc1ccc(C(=O)Nc2ncccn2)cc1F. The van der Waals surface area contributed by atoms with Crippen LogP contribution in [0.2, 0.25) is 0 Å². The second kappa shape index (κ2) is 5.22. The molecule has 0 unspecified atom stereocenters. The van der Waals surface area contributed by atoms with E-state index in [1.54, 1.807) is 6.07 Å². The van der Waals surface area contributed by atoms with Gasteiger partial charge in [-0.05, 0) is 24.3 Å². The van der Waals surface area contributed by atoms with E-state index in [-0.39, 0.29) is 17.3 Å². The van der Waals surface area contributed by atoms with Crippen molar-refractivity contribution in [2.45, 2.75) is 0 Å². The van der Waals surface area contributed by atoms with E-state index in [1.807, 2.05) is 0 Å². The van der Waals surface area contributed by atoms with Gasteiger partial charge < -0.3 is 4.74 Å². The number of carbonyl (C=O) groups excluding carboxylic acids is 1. The Labute approximate surface area is 103 Å². The lowest BCUT2D eigenvalue weighted by Crippen LogP contribution is -2.14. The Kier molecular flexibility index (Phi) is 3.47. The molecule has 1 aromatic carbocycles. The predicted octanol–water partition coefficient (Wildman–Crippen LogP) is 1.88. The number of anilines is 1. The quantitative estimate of drug-likeness (QED) is 0.899. The van der Waals surface area contributed by atoms with Crippen molar-refractivity contribution in [3.8, 4) is 5.75 Å². The van der Waals surface area contributed by atoms with Crippen LogP contribution in [0.1, 0.15) is 10.4 Å². The molecule has 5 nitrogen and oxygen atoms in total. The zero-order valence-corrected chi connectivity index (χ0v) is 9.55. The molecule has 1 amide bonds. The number of benzene rings is 1. The van der Waals surface area contributed by atoms with Crippen LogP contribution in [0.5, 0.6) is 5.75 Å². The minimum atomic E-state index is -0.598. The number of nitrogens with zero attached hydrogens (tertiary/aromatic N) is 2. The molecule has 1 heterocycles. The summed E-state index contributed by atoms with van der Waals surface area (Å²) in [5.41, 5.74) is 0.167. The summed E-state index contributed by atoms with van der Waals surface area (Å²) in [7, 11) is 1.36. The molecule has 0 saturated heterocycles. The number of hydrogen-bond donors (Lipinski definition) is 1. The third kappa shape index (κ3) is 2.60. The van der Waals surface area contributed by atoms with Crippen molar-refractivity contribution in [3.05, 3.63) is 48.0 Å². The maximum Gasteiger partial charge on any atom is 0.258 e. The van der Waals surface area contributed by atoms with Crippen LogP contribution in [0.3, 0.4) is 0 Å². The molecule has 0 atom stereocenters. The predicted molar refractivity (Wildman–Crippen MR) is 62.9 cm³/mol. The minimum Gasteiger partial charge on any atom is -0.494 e. The molecule has 0 saturated carbocycles. The molecule has 1 aromatic heterocycles. The van der Waals surface area contributed by atoms with Gasteiger partial charge in [-0.15, -0.1) is 0 Å². The number of hydrogen-bond acceptors (Lipinski definition) is 4. The van der Waals surface area contributed by atoms with Gasteiger partial charge in [0, 0.05) is 18.0 Å². The molecule has 92 valence electrons. The second-order valence-electron chi connectivity index (χ2n) is 3.38. The average Bonchev–Trinajstić information content (AvgIpc) is 2.39. The van der Waals surface area contributed by atoms with Gasteiger partial charge >= 0.3 is 0 Å². The monoisotopic (exact) mass is 247 g/mol. The van der Waals surface area contributed by atoms with Crippen molar-refractivity contribution in [2.75, 3.05) is 12.4 Å². The Morgan fingerprint density at radius 3 is 2.67 bits per heavy atom. The first kappa shape index (κ1) is 12.0. The van der Waals surface area contributed by atoms with E-state index in [9.17, 15) is 9.18 Å². The Hall–Kier alpha value is -2.50. The van der Waals surface area contributed by atoms with Crippen molar-refractivity contribution in [1.29, 1.82) is 0 Å². The van der Waals surface area contributed by atoms with Crippen LogP contribution < -0.4 is 10.1 Å². The molecule has 6 heteroatoms. The normalized spacial score (nSPS) is 9.89. The highest BCUT2D eigenvalue weighted by molar-refractivity contribution is 6.03. The Balaban J connectivity index is 2.17. The molecule has 1 N–H and O–H groups in total. The number of rotatable bonds is 3. The van der Waals surface area contributed by atoms with Crippen LogP contribution >= 0.6 is 0 Å². The maximum absolute atomic E-state index is 13.4. The molecule has 18 heavy (non-hydrogen) atoms. The molecule has 0 bridgehead atoms. The van der Waals surface area contributed by atoms with Crippen LogP contribution in [0.4, 0.5) is 10.3 Å². The van der Waals surface area contributed by atoms with Gasteiger partial charge in [-0.3, -0.25) is 10.1 Å². The summed E-state index contributed by atoms with van der Waals surface area (Å²) in [5.74, 6) is -0.830. The lowest BCUT2D eigenvalue weighted by Gasteiger charge is -2.05. The molecule has 0 aliphatic heterocycles. The van der Waals surface area contributed by atoms with E-state index in [4.69, 9.17) is 4.74 Å². The third-order valence-electron chi connectivity index (χ3n) is 2.21. The summed E-state index contributed by atoms with van der Waals surface area (Å²) in [4.78, 5) is 19.4. The van der Waals surface area contributed by atoms with Crippen LogP contribution in [0.25, 0.3) is 0 Å². The fourth-order valence-electron chi connectivity index (χ4n) is 1.34. The van der Waals surface area contributed by atoms with Gasteiger partial charge in [-0.2, -0.15) is 0 Å². The van der Waals surface area contributed by atoms with Crippen molar-refractivity contribution in [3.63, 3.8) is 0 Å². The average molecular weight is 247 g/mol. The molecular formula is C12H10FN3O2. The molecule has 0 radical (unpaired) electrons. The third-order valence-corrected chi connectivity index (χ3v) is 2.21. The van der Waals surface area contributed by atoms with Crippen molar-refractivity contribution in [1.82, 2.24) is 9.97 Å². The van der Waals surface area contributed by atoms with E-state index in [1.165, 1.54) is 31.6 Å². The summed E-state index contributed by atoms with van der Waals surface area (Å²) < 4.78 is 18.2. The van der Waals surface area contributed by atoms with Crippen LogP contribution in [0.15, 0.2) is 36.7 Å². The maximum atomic E-state index is 13.4. The number of ether oxygens (including phenoxy) is 1. The van der Waals surface area contributed by atoms with Gasteiger partial charge in [0.2, 0.25) is 5.95 Å². The van der Waals surface area contributed by atoms with Gasteiger partial charge in [0.15, 0.2) is 11.6 Å². The highest BCUT2D eigenvalue weighted by Gasteiger charge is 2.10. The number of amides is 1. The second-order valence-corrected chi connectivity index (χ2v) is 3.38. The number of methoxy groups -OCH3 is 1. The number of aromatic nitrogens is 2. The number of halogens is 1. The minimum absolute atomic E-state index is 0.0857. The fourth-order valence-corrected chi connectivity index (χ4v) is 1.34. The fraction of sp³-hybridized carbons (Fsp3) is 0.0833. The lowest BCUT2D eigenvalue weighted by atomic mass is 10.2. The standard InChI is InChI=1S/C12H10FN3O2/c1-18-10-4-3-8(7-9(10)13)11(17)16-12-14-5-2-6-15-12/h2-7H,1H3,(H,14,15,16,17). The van der Waals surface area contributed by atoms with Crippen molar-refractivity contribution >= 4 is 11.9 Å². The van der Waals surface area contributed by atoms with Crippen molar-refractivity contribution in [2.24, 2.45) is 0 Å². The van der Waals surface area contributed by atoms with Gasteiger partial charge in [0.25, 0.3) is 5.91 Å². The molecule has 0 aliphatic rings. The van der Waals surface area contributed by atoms with E-state index >= 15 is 0 Å². The summed E-state index contributed by atoms with van der Waals surface area (Å²) >= 11 is 0. The van der Waals surface area contributed by atoms with Crippen molar-refractivity contribution < 1.29 is 13.9 Å². The molecular weight excluding hydrogens is 237 g/mol. The Bertz CT molecular complexity index is 561. The van der Waals surface area contributed by atoms with E-state index < -0.39 is 11.7 Å². The first-order valence-corrected chi connectivity index (χ1v) is 5.12. The summed E-state index contributed by atoms with van der Waals surface area (Å²) in [5, 5.41) is 2.45. The molecule has 0 spiro atoms. The van der Waals surface area contributed by atoms with Gasteiger partial charge in [0.05, 0.1) is 7.11 Å². The first-order chi connectivity index (χ1) is 8.70. The molecule has 2 rings (SSSR count). The highest BCUT2D eigenvalue weighted by Crippen LogP contribution is 2.18. The highest BCUT2D eigenvalue weighted by atomic mass is 19.1. The zero-order chi connectivity index (χ0) is 13.0. The zero-order valence-electron chi connectivity index (χ0n) is 9.55. The molecule has 0 fully saturated rings. The number of nitrogens with one attached hydrogen (secondary N) is 1. The van der Waals surface area contributed by atoms with Gasteiger partial charge in [0.1, 0.15) is 0 Å². The topological polar surface area (TPSA) is 64.1 Å². The largest absolute Gasteiger partial charge is 0.494 e. The summed E-state index contributed by atoms with van der Waals surface area (Å²) in [6.45, 7) is 0. The summed E-state index contributed by atoms with van der Waals surface area (Å²) in [6, 6.07) is 5.57. The van der Waals surface area contributed by atoms with Gasteiger partial charge in [-0.25, -0.2) is 14.4 Å². The molecule has 2 aromatic rings. The summed E-state index contributed by atoms with van der Waals surface area (Å²) in [6.07, 6.45) is 2.99. The number of carbonyl (C=O) groups is 1. The Morgan fingerprint density at radius 1 is 1.33 bits per heavy atom. The van der Waals surface area contributed by atoms with Crippen LogP contribution in [-0.2, 0) is 0 Å². The molecule has 0 aliphatic carbocycles. The van der Waals surface area contributed by atoms with E-state index in [2.05, 4.69) is 15.3 Å². The van der Waals surface area contributed by atoms with E-state index in [0.29, 0.717) is 0 Å².